The molecule has 1 atom stereocenters. The van der Waals surface area contributed by atoms with Crippen LogP contribution in [0.5, 0.6) is 0 Å². The number of amides is 2. The molecule has 2 aromatic carbocycles. The van der Waals surface area contributed by atoms with Gasteiger partial charge in [0.25, 0.3) is 0 Å². The normalized spacial score (nSPS) is 16.7. The van der Waals surface area contributed by atoms with Gasteiger partial charge >= 0.3 is 0 Å². The van der Waals surface area contributed by atoms with E-state index in [0.717, 1.165) is 20.9 Å². The molecule has 2 amide bonds. The van der Waals surface area contributed by atoms with Crippen LogP contribution in [-0.4, -0.2) is 35.1 Å². The van der Waals surface area contributed by atoms with Gasteiger partial charge in [-0.1, -0.05) is 28.1 Å². The Morgan fingerprint density at radius 2 is 2.18 bits per heavy atom. The van der Waals surface area contributed by atoms with E-state index < -0.39 is 5.92 Å². The largest absolute Gasteiger partial charge is 0.355 e. The summed E-state index contributed by atoms with van der Waals surface area (Å²) in [5.41, 5.74) is 1.64. The first kappa shape index (κ1) is 18.6. The molecule has 3 aromatic rings. The molecule has 2 heterocycles. The quantitative estimate of drug-likeness (QED) is 0.634. The second-order valence-corrected chi connectivity index (χ2v) is 7.73. The average molecular weight is 445 g/mol. The number of carbonyl (C=O) groups excluding carboxylic acids is 2. The Kier molecular flexibility index (Phi) is 5.13. The van der Waals surface area contributed by atoms with E-state index in [4.69, 9.17) is 0 Å². The van der Waals surface area contributed by atoms with E-state index in [0.29, 0.717) is 25.3 Å². The SMILES string of the molecule is O=C(NCCc1cccc(F)c1)C1CC(=O)N(c2n[nH]c3cc(Br)ccc23)C1. The molecule has 1 aliphatic rings. The van der Waals surface area contributed by atoms with Gasteiger partial charge in [0.1, 0.15) is 5.82 Å². The smallest absolute Gasteiger partial charge is 0.229 e. The highest BCUT2D eigenvalue weighted by atomic mass is 79.9. The van der Waals surface area contributed by atoms with Crippen molar-refractivity contribution in [3.8, 4) is 0 Å². The van der Waals surface area contributed by atoms with E-state index in [-0.39, 0.29) is 24.1 Å². The van der Waals surface area contributed by atoms with Crippen LogP contribution in [0, 0.1) is 11.7 Å². The van der Waals surface area contributed by atoms with Gasteiger partial charge in [-0.3, -0.25) is 19.6 Å². The van der Waals surface area contributed by atoms with Gasteiger partial charge < -0.3 is 5.32 Å². The van der Waals surface area contributed by atoms with E-state index >= 15 is 0 Å². The van der Waals surface area contributed by atoms with Gasteiger partial charge in [0, 0.05) is 29.4 Å². The van der Waals surface area contributed by atoms with Crippen LogP contribution in [-0.2, 0) is 16.0 Å². The molecule has 1 aliphatic heterocycles. The molecule has 1 saturated heterocycles. The summed E-state index contributed by atoms with van der Waals surface area (Å²) in [5, 5.41) is 10.9. The standard InChI is InChI=1S/C20H18BrFN4O2/c21-14-4-5-16-17(10-14)24-25-19(16)26-11-13(9-18(26)27)20(28)23-7-6-12-2-1-3-15(22)8-12/h1-5,8,10,13H,6-7,9,11H2,(H,23,28)(H,24,25). The number of hydrogen-bond acceptors (Lipinski definition) is 3. The number of anilines is 1. The van der Waals surface area contributed by atoms with Crippen molar-refractivity contribution in [2.75, 3.05) is 18.0 Å². The molecule has 8 heteroatoms. The fraction of sp³-hybridized carbons (Fsp3) is 0.250. The van der Waals surface area contributed by atoms with E-state index in [1.165, 1.54) is 12.1 Å². The molecule has 4 rings (SSSR count). The summed E-state index contributed by atoms with van der Waals surface area (Å²) in [6.45, 7) is 0.687. The summed E-state index contributed by atoms with van der Waals surface area (Å²) >= 11 is 3.41. The number of hydrogen-bond donors (Lipinski definition) is 2. The van der Waals surface area contributed by atoms with Crippen molar-refractivity contribution in [3.05, 3.63) is 58.3 Å². The highest BCUT2D eigenvalue weighted by molar-refractivity contribution is 9.10. The molecule has 1 unspecified atom stereocenters. The number of carbonyl (C=O) groups is 2. The summed E-state index contributed by atoms with van der Waals surface area (Å²) in [5.74, 6) is -0.472. The number of benzene rings is 2. The van der Waals surface area contributed by atoms with Crippen LogP contribution in [0.3, 0.4) is 0 Å². The van der Waals surface area contributed by atoms with Crippen molar-refractivity contribution in [1.82, 2.24) is 15.5 Å². The number of H-pyrrole nitrogens is 1. The van der Waals surface area contributed by atoms with Crippen molar-refractivity contribution in [3.63, 3.8) is 0 Å². The number of nitrogens with zero attached hydrogens (tertiary/aromatic N) is 2. The molecule has 6 nitrogen and oxygen atoms in total. The lowest BCUT2D eigenvalue weighted by molar-refractivity contribution is -0.126. The van der Waals surface area contributed by atoms with E-state index in [2.05, 4.69) is 31.4 Å². The summed E-state index contributed by atoms with van der Waals surface area (Å²) in [4.78, 5) is 26.5. The molecule has 0 radical (unpaired) electrons. The Bertz CT molecular complexity index is 1050. The van der Waals surface area contributed by atoms with Crippen molar-refractivity contribution in [2.45, 2.75) is 12.8 Å². The van der Waals surface area contributed by atoms with E-state index in [9.17, 15) is 14.0 Å². The third-order valence-electron chi connectivity index (χ3n) is 4.86. The minimum Gasteiger partial charge on any atom is -0.355 e. The lowest BCUT2D eigenvalue weighted by Crippen LogP contribution is -2.34. The van der Waals surface area contributed by atoms with Gasteiger partial charge in [-0.2, -0.15) is 5.10 Å². The Morgan fingerprint density at radius 3 is 3.00 bits per heavy atom. The van der Waals surface area contributed by atoms with Crippen molar-refractivity contribution in [1.29, 1.82) is 0 Å². The van der Waals surface area contributed by atoms with E-state index in [1.807, 2.05) is 24.3 Å². The second-order valence-electron chi connectivity index (χ2n) is 6.81. The zero-order chi connectivity index (χ0) is 19.7. The minimum absolute atomic E-state index is 0.124. The van der Waals surface area contributed by atoms with Gasteiger partial charge in [-0.25, -0.2) is 4.39 Å². The van der Waals surface area contributed by atoms with Crippen LogP contribution in [0.1, 0.15) is 12.0 Å². The van der Waals surface area contributed by atoms with Crippen LogP contribution in [0.4, 0.5) is 10.2 Å². The highest BCUT2D eigenvalue weighted by Crippen LogP contribution is 2.31. The van der Waals surface area contributed by atoms with Crippen LogP contribution >= 0.6 is 15.9 Å². The molecule has 144 valence electrons. The molecule has 1 fully saturated rings. The maximum Gasteiger partial charge on any atom is 0.229 e. The van der Waals surface area contributed by atoms with Gasteiger partial charge in [0.05, 0.1) is 11.4 Å². The predicted octanol–water partition coefficient (Wildman–Crippen LogP) is 3.18. The summed E-state index contributed by atoms with van der Waals surface area (Å²) < 4.78 is 14.1. The number of rotatable bonds is 5. The number of aromatic nitrogens is 2. The monoisotopic (exact) mass is 444 g/mol. The highest BCUT2D eigenvalue weighted by Gasteiger charge is 2.36. The van der Waals surface area contributed by atoms with Gasteiger partial charge in [-0.15, -0.1) is 0 Å². The van der Waals surface area contributed by atoms with Crippen molar-refractivity contribution in [2.24, 2.45) is 5.92 Å². The molecule has 0 aliphatic carbocycles. The maximum atomic E-state index is 13.2. The van der Waals surface area contributed by atoms with Crippen molar-refractivity contribution < 1.29 is 14.0 Å². The molecular formula is C20H18BrFN4O2. The molecule has 0 spiro atoms. The molecule has 0 saturated carbocycles. The molecule has 0 bridgehead atoms. The summed E-state index contributed by atoms with van der Waals surface area (Å²) in [6, 6.07) is 12.0. The maximum absolute atomic E-state index is 13.2. The Labute approximate surface area is 169 Å². The lowest BCUT2D eigenvalue weighted by Gasteiger charge is -2.14. The minimum atomic E-state index is -0.429. The zero-order valence-electron chi connectivity index (χ0n) is 14.9. The molecular weight excluding hydrogens is 427 g/mol. The number of fused-ring (bicyclic) bond motifs is 1. The van der Waals surface area contributed by atoms with E-state index in [1.54, 1.807) is 11.0 Å². The van der Waals surface area contributed by atoms with Crippen molar-refractivity contribution >= 4 is 44.5 Å². The lowest BCUT2D eigenvalue weighted by atomic mass is 10.1. The molecule has 1 aromatic heterocycles. The fourth-order valence-corrected chi connectivity index (χ4v) is 3.80. The summed E-state index contributed by atoms with van der Waals surface area (Å²) in [7, 11) is 0. The second kappa shape index (κ2) is 7.71. The number of aromatic amines is 1. The Balaban J connectivity index is 1.39. The predicted molar refractivity (Wildman–Crippen MR) is 107 cm³/mol. The van der Waals surface area contributed by atoms with Crippen LogP contribution in [0.15, 0.2) is 46.9 Å². The number of halogens is 2. The first-order valence-electron chi connectivity index (χ1n) is 8.97. The topological polar surface area (TPSA) is 78.1 Å². The van der Waals surface area contributed by atoms with Crippen LogP contribution in [0.25, 0.3) is 10.9 Å². The van der Waals surface area contributed by atoms with Gasteiger partial charge in [-0.05, 0) is 42.3 Å². The van der Waals surface area contributed by atoms with Crippen LogP contribution < -0.4 is 10.2 Å². The number of nitrogens with one attached hydrogen (secondary N) is 2. The van der Waals surface area contributed by atoms with Crippen LogP contribution in [0.2, 0.25) is 0 Å². The Hall–Kier alpha value is -2.74. The van der Waals surface area contributed by atoms with Gasteiger partial charge in [0.15, 0.2) is 5.82 Å². The summed E-state index contributed by atoms with van der Waals surface area (Å²) in [6.07, 6.45) is 0.684. The zero-order valence-corrected chi connectivity index (χ0v) is 16.5. The average Bonchev–Trinajstić information content (AvgIpc) is 3.24. The first-order chi connectivity index (χ1) is 13.5. The van der Waals surface area contributed by atoms with Gasteiger partial charge in [0.2, 0.25) is 11.8 Å². The molecule has 2 N–H and O–H groups in total. The molecule has 28 heavy (non-hydrogen) atoms. The third-order valence-corrected chi connectivity index (χ3v) is 5.35. The Morgan fingerprint density at radius 1 is 1.32 bits per heavy atom. The first-order valence-corrected chi connectivity index (χ1v) is 9.77. The fourth-order valence-electron chi connectivity index (χ4n) is 3.44. The third kappa shape index (κ3) is 3.77.